The number of halogens is 4. The van der Waals surface area contributed by atoms with Crippen LogP contribution in [0.25, 0.3) is 0 Å². The summed E-state index contributed by atoms with van der Waals surface area (Å²) in [6.07, 6.45) is -4.50. The van der Waals surface area contributed by atoms with E-state index in [0.717, 1.165) is 18.2 Å². The summed E-state index contributed by atoms with van der Waals surface area (Å²) in [5.41, 5.74) is -0.421. The topological polar surface area (TPSA) is 50.4 Å². The molecule has 0 saturated heterocycles. The lowest BCUT2D eigenvalue weighted by atomic mass is 10.2. The van der Waals surface area contributed by atoms with Gasteiger partial charge >= 0.3 is 12.2 Å². The van der Waals surface area contributed by atoms with Crippen LogP contribution in [0, 0.1) is 0 Å². The van der Waals surface area contributed by atoms with Gasteiger partial charge in [-0.3, -0.25) is 0 Å². The Bertz CT molecular complexity index is 688. The van der Waals surface area contributed by atoms with Crippen LogP contribution in [0.3, 0.4) is 0 Å². The third-order valence-electron chi connectivity index (χ3n) is 2.64. The second-order valence-electron chi connectivity index (χ2n) is 4.13. The number of benzene rings is 1. The number of amides is 2. The molecule has 0 aliphatic heterocycles. The average Bonchev–Trinajstić information content (AvgIpc) is 2.83. The molecule has 2 N–H and O–H groups in total. The maximum Gasteiger partial charge on any atom is 0.416 e. The molecule has 22 heavy (non-hydrogen) atoms. The number of rotatable bonds is 3. The van der Waals surface area contributed by atoms with E-state index in [2.05, 4.69) is 26.6 Å². The van der Waals surface area contributed by atoms with Crippen molar-refractivity contribution in [2.75, 3.05) is 17.7 Å². The summed E-state index contributed by atoms with van der Waals surface area (Å²) in [4.78, 5) is 11.9. The zero-order valence-corrected chi connectivity index (χ0v) is 13.5. The fourth-order valence-electron chi connectivity index (χ4n) is 1.63. The van der Waals surface area contributed by atoms with Crippen LogP contribution in [0.2, 0.25) is 0 Å². The van der Waals surface area contributed by atoms with E-state index in [1.54, 1.807) is 10.8 Å². The molecule has 0 radical (unpaired) electrons. The number of nitrogens with one attached hydrogen (secondary N) is 2. The van der Waals surface area contributed by atoms with Crippen molar-refractivity contribution in [3.63, 3.8) is 0 Å². The Kier molecular flexibility index (Phi) is 4.97. The zero-order valence-electron chi connectivity index (χ0n) is 11.1. The van der Waals surface area contributed by atoms with Gasteiger partial charge in [-0.05, 0) is 34.1 Å². The van der Waals surface area contributed by atoms with Crippen LogP contribution in [-0.4, -0.2) is 13.1 Å². The van der Waals surface area contributed by atoms with Crippen molar-refractivity contribution in [3.05, 3.63) is 39.0 Å². The van der Waals surface area contributed by atoms with Gasteiger partial charge in [-0.2, -0.15) is 13.2 Å². The van der Waals surface area contributed by atoms with E-state index in [-0.39, 0.29) is 11.4 Å². The van der Waals surface area contributed by atoms with Gasteiger partial charge in [-0.1, -0.05) is 0 Å². The summed E-state index contributed by atoms with van der Waals surface area (Å²) in [5, 5.41) is 8.32. The predicted molar refractivity (Wildman–Crippen MR) is 82.7 cm³/mol. The molecule has 0 spiro atoms. The largest absolute Gasteiger partial charge is 0.495 e. The Labute approximate surface area is 136 Å². The number of hydrogen-bond acceptors (Lipinski definition) is 3. The first-order chi connectivity index (χ1) is 10.3. The third-order valence-corrected chi connectivity index (χ3v) is 4.34. The van der Waals surface area contributed by atoms with Crippen molar-refractivity contribution in [3.8, 4) is 5.75 Å². The number of methoxy groups -OCH3 is 1. The highest BCUT2D eigenvalue weighted by molar-refractivity contribution is 9.10. The maximum absolute atomic E-state index is 12.7. The van der Waals surface area contributed by atoms with Crippen molar-refractivity contribution in [2.24, 2.45) is 0 Å². The second-order valence-corrected chi connectivity index (χ2v) is 5.72. The van der Waals surface area contributed by atoms with Crippen molar-refractivity contribution < 1.29 is 22.7 Å². The molecule has 0 fully saturated rings. The molecule has 2 aromatic rings. The minimum atomic E-state index is -4.50. The van der Waals surface area contributed by atoms with Gasteiger partial charge in [0.1, 0.15) is 5.75 Å². The molecule has 0 saturated carbocycles. The molecule has 2 rings (SSSR count). The van der Waals surface area contributed by atoms with Crippen LogP contribution in [0.15, 0.2) is 33.4 Å². The lowest BCUT2D eigenvalue weighted by molar-refractivity contribution is -0.137. The quantitative estimate of drug-likeness (QED) is 0.753. The fraction of sp³-hybridized carbons (Fsp3) is 0.154. The van der Waals surface area contributed by atoms with Crippen molar-refractivity contribution in [2.45, 2.75) is 6.18 Å². The van der Waals surface area contributed by atoms with E-state index >= 15 is 0 Å². The van der Waals surface area contributed by atoms with Crippen LogP contribution in [0.1, 0.15) is 5.56 Å². The van der Waals surface area contributed by atoms with E-state index in [0.29, 0.717) is 10.2 Å². The Morgan fingerprint density at radius 2 is 1.91 bits per heavy atom. The highest BCUT2D eigenvalue weighted by Crippen LogP contribution is 2.35. The Hall–Kier alpha value is -1.74. The summed E-state index contributed by atoms with van der Waals surface area (Å²) in [5.74, 6) is 0.132. The second kappa shape index (κ2) is 6.57. The van der Waals surface area contributed by atoms with Gasteiger partial charge in [-0.15, -0.1) is 11.3 Å². The number of carbonyl (C=O) groups excluding carboxylic acids is 1. The van der Waals surface area contributed by atoms with Crippen LogP contribution < -0.4 is 15.4 Å². The van der Waals surface area contributed by atoms with E-state index in [1.807, 2.05) is 0 Å². The number of hydrogen-bond donors (Lipinski definition) is 2. The van der Waals surface area contributed by atoms with Gasteiger partial charge in [0, 0.05) is 10.8 Å². The molecule has 9 heteroatoms. The zero-order chi connectivity index (χ0) is 16.3. The molecule has 0 atom stereocenters. The van der Waals surface area contributed by atoms with Gasteiger partial charge < -0.3 is 15.4 Å². The number of carbonyl (C=O) groups is 1. The molecule has 1 aromatic carbocycles. The lowest BCUT2D eigenvalue weighted by Crippen LogP contribution is -2.20. The lowest BCUT2D eigenvalue weighted by Gasteiger charge is -2.14. The number of alkyl halides is 3. The summed E-state index contributed by atoms with van der Waals surface area (Å²) in [6.45, 7) is 0. The van der Waals surface area contributed by atoms with Gasteiger partial charge in [0.15, 0.2) is 0 Å². The molecular weight excluding hydrogens is 385 g/mol. The van der Waals surface area contributed by atoms with Gasteiger partial charge in [0.05, 0.1) is 28.5 Å². The summed E-state index contributed by atoms with van der Waals surface area (Å²) in [6, 6.07) is 2.19. The number of urea groups is 1. The predicted octanol–water partition coefficient (Wildman–Crippen LogP) is 5.18. The summed E-state index contributed by atoms with van der Waals surface area (Å²) >= 11 is 4.61. The highest BCUT2D eigenvalue weighted by atomic mass is 79.9. The highest BCUT2D eigenvalue weighted by Gasteiger charge is 2.31. The minimum Gasteiger partial charge on any atom is -0.495 e. The summed E-state index contributed by atoms with van der Waals surface area (Å²) in [7, 11) is 1.31. The molecule has 1 heterocycles. The molecule has 0 aliphatic carbocycles. The van der Waals surface area contributed by atoms with Crippen LogP contribution in [-0.2, 0) is 6.18 Å². The Morgan fingerprint density at radius 1 is 1.23 bits per heavy atom. The molecule has 1 aromatic heterocycles. The van der Waals surface area contributed by atoms with Gasteiger partial charge in [-0.25, -0.2) is 4.79 Å². The molecule has 118 valence electrons. The normalized spacial score (nSPS) is 11.1. The van der Waals surface area contributed by atoms with Gasteiger partial charge in [0.2, 0.25) is 0 Å². The smallest absolute Gasteiger partial charge is 0.416 e. The number of anilines is 2. The summed E-state index contributed by atoms with van der Waals surface area (Å²) < 4.78 is 43.8. The first-order valence-electron chi connectivity index (χ1n) is 5.86. The monoisotopic (exact) mass is 394 g/mol. The average molecular weight is 395 g/mol. The molecular formula is C13H10BrF3N2O2S. The van der Waals surface area contributed by atoms with E-state index in [4.69, 9.17) is 4.74 Å². The Balaban J connectivity index is 2.20. The standard InChI is InChI=1S/C13H10BrF3N2O2S/c1-21-11-3-2-7(13(15,16)17)4-9(11)18-12(20)19-10-6-22-5-8(10)14/h2-6H,1H3,(H2,18,19,20). The number of ether oxygens (including phenoxy) is 1. The SMILES string of the molecule is COc1ccc(C(F)(F)F)cc1NC(=O)Nc1cscc1Br. The molecule has 0 bridgehead atoms. The van der Waals surface area contributed by atoms with Crippen LogP contribution >= 0.6 is 27.3 Å². The van der Waals surface area contributed by atoms with E-state index in [1.165, 1.54) is 18.4 Å². The van der Waals surface area contributed by atoms with E-state index < -0.39 is 17.8 Å². The molecule has 0 aliphatic rings. The van der Waals surface area contributed by atoms with Gasteiger partial charge in [0.25, 0.3) is 0 Å². The van der Waals surface area contributed by atoms with Crippen LogP contribution in [0.5, 0.6) is 5.75 Å². The first kappa shape index (κ1) is 16.6. The van der Waals surface area contributed by atoms with Crippen molar-refractivity contribution >= 4 is 44.7 Å². The van der Waals surface area contributed by atoms with E-state index in [9.17, 15) is 18.0 Å². The maximum atomic E-state index is 12.7. The van der Waals surface area contributed by atoms with Crippen molar-refractivity contribution in [1.82, 2.24) is 0 Å². The minimum absolute atomic E-state index is 0.0684. The molecule has 2 amide bonds. The third kappa shape index (κ3) is 3.92. The fourth-order valence-corrected chi connectivity index (χ4v) is 2.95. The van der Waals surface area contributed by atoms with Crippen LogP contribution in [0.4, 0.5) is 29.3 Å². The first-order valence-corrected chi connectivity index (χ1v) is 7.60. The Morgan fingerprint density at radius 3 is 2.45 bits per heavy atom. The van der Waals surface area contributed by atoms with Crippen molar-refractivity contribution in [1.29, 1.82) is 0 Å². The number of thiophene rings is 1. The molecule has 0 unspecified atom stereocenters. The molecule has 4 nitrogen and oxygen atoms in total.